The normalized spacial score (nSPS) is 25.7. The molecule has 2 rings (SSSR count). The predicted octanol–water partition coefficient (Wildman–Crippen LogP) is -1.18. The van der Waals surface area contributed by atoms with Crippen molar-refractivity contribution in [2.24, 2.45) is 0 Å². The Morgan fingerprint density at radius 1 is 1.80 bits per heavy atom. The minimum absolute atomic E-state index is 0.0470. The lowest BCUT2D eigenvalue weighted by molar-refractivity contribution is -0.716. The Morgan fingerprint density at radius 2 is 2.60 bits per heavy atom. The maximum Gasteiger partial charge on any atom is 0.498 e. The minimum Gasteiger partial charge on any atom is -0.393 e. The van der Waals surface area contributed by atoms with Crippen molar-refractivity contribution in [1.82, 2.24) is 4.98 Å². The third-order valence-corrected chi connectivity index (χ3v) is 3.36. The summed E-state index contributed by atoms with van der Waals surface area (Å²) in [5.41, 5.74) is 4.91. The number of thioether (sulfide) groups is 1. The number of aromatic amines is 1. The highest BCUT2D eigenvalue weighted by atomic mass is 32.2. The number of hydrogen-bond donors (Lipinski definition) is 3. The SMILES string of the molecule is Nc1cc[n+]([C@H]2CO[C@@H](CO)S2)c(=O)[nH]1. The van der Waals surface area contributed by atoms with Crippen LogP contribution in [0.5, 0.6) is 0 Å². The number of aliphatic hydroxyl groups is 1. The van der Waals surface area contributed by atoms with Gasteiger partial charge in [-0.05, 0) is 0 Å². The molecule has 82 valence electrons. The van der Waals surface area contributed by atoms with Gasteiger partial charge >= 0.3 is 5.69 Å². The first kappa shape index (κ1) is 10.5. The van der Waals surface area contributed by atoms with E-state index in [0.717, 1.165) is 0 Å². The lowest BCUT2D eigenvalue weighted by Gasteiger charge is -2.04. The molecule has 7 heteroatoms. The van der Waals surface area contributed by atoms with Gasteiger partial charge in [0.15, 0.2) is 11.2 Å². The number of hydrogen-bond acceptors (Lipinski definition) is 5. The van der Waals surface area contributed by atoms with E-state index in [2.05, 4.69) is 4.98 Å². The fourth-order valence-corrected chi connectivity index (χ4v) is 2.42. The summed E-state index contributed by atoms with van der Waals surface area (Å²) < 4.78 is 6.77. The fraction of sp³-hybridized carbons (Fsp3) is 0.500. The Labute approximate surface area is 90.1 Å². The second-order valence-electron chi connectivity index (χ2n) is 3.14. The van der Waals surface area contributed by atoms with Crippen LogP contribution in [-0.4, -0.2) is 28.7 Å². The first-order valence-corrected chi connectivity index (χ1v) is 5.43. The maximum atomic E-state index is 11.5. The molecule has 6 nitrogen and oxygen atoms in total. The number of nitrogens with zero attached hydrogens (tertiary/aromatic N) is 1. The molecule has 0 saturated carbocycles. The van der Waals surface area contributed by atoms with Gasteiger partial charge in [0.25, 0.3) is 0 Å². The van der Waals surface area contributed by atoms with Crippen LogP contribution in [0.15, 0.2) is 17.1 Å². The molecule has 2 heterocycles. The number of aromatic nitrogens is 2. The molecule has 0 unspecified atom stereocenters. The molecule has 1 aliphatic heterocycles. The molecule has 1 fully saturated rings. The van der Waals surface area contributed by atoms with Crippen molar-refractivity contribution in [2.45, 2.75) is 10.8 Å². The Morgan fingerprint density at radius 3 is 3.20 bits per heavy atom. The van der Waals surface area contributed by atoms with Crippen LogP contribution < -0.4 is 16.0 Å². The highest BCUT2D eigenvalue weighted by Crippen LogP contribution is 2.30. The van der Waals surface area contributed by atoms with E-state index in [4.69, 9.17) is 15.6 Å². The molecule has 0 radical (unpaired) electrons. The van der Waals surface area contributed by atoms with Crippen LogP contribution in [0, 0.1) is 0 Å². The molecule has 1 aromatic heterocycles. The molecule has 4 N–H and O–H groups in total. The van der Waals surface area contributed by atoms with Gasteiger partial charge in [0.1, 0.15) is 11.6 Å². The van der Waals surface area contributed by atoms with Crippen molar-refractivity contribution in [1.29, 1.82) is 0 Å². The van der Waals surface area contributed by atoms with Gasteiger partial charge in [-0.15, -0.1) is 0 Å². The fourth-order valence-electron chi connectivity index (χ4n) is 1.37. The second-order valence-corrected chi connectivity index (χ2v) is 4.49. The van der Waals surface area contributed by atoms with Crippen molar-refractivity contribution in [3.63, 3.8) is 0 Å². The molecule has 15 heavy (non-hydrogen) atoms. The highest BCUT2D eigenvalue weighted by Gasteiger charge is 2.31. The van der Waals surface area contributed by atoms with E-state index < -0.39 is 0 Å². The molecule has 1 saturated heterocycles. The van der Waals surface area contributed by atoms with Gasteiger partial charge in [0, 0.05) is 6.07 Å². The summed E-state index contributed by atoms with van der Waals surface area (Å²) in [7, 11) is 0. The van der Waals surface area contributed by atoms with Crippen LogP contribution in [-0.2, 0) is 4.74 Å². The largest absolute Gasteiger partial charge is 0.498 e. The highest BCUT2D eigenvalue weighted by molar-refractivity contribution is 7.99. The third-order valence-electron chi connectivity index (χ3n) is 2.09. The third kappa shape index (κ3) is 2.14. The number of nitrogens with one attached hydrogen (secondary N) is 1. The first-order chi connectivity index (χ1) is 7.20. The Hall–Kier alpha value is -1.05. The molecule has 1 aliphatic rings. The van der Waals surface area contributed by atoms with E-state index in [0.29, 0.717) is 12.4 Å². The topological polar surface area (TPSA) is 92.2 Å². The molecule has 0 bridgehead atoms. The zero-order valence-electron chi connectivity index (χ0n) is 7.92. The zero-order valence-corrected chi connectivity index (χ0v) is 8.74. The van der Waals surface area contributed by atoms with Crippen molar-refractivity contribution in [3.8, 4) is 0 Å². The van der Waals surface area contributed by atoms with E-state index in [9.17, 15) is 4.79 Å². The maximum absolute atomic E-state index is 11.5. The van der Waals surface area contributed by atoms with Crippen LogP contribution >= 0.6 is 11.8 Å². The summed E-state index contributed by atoms with van der Waals surface area (Å²) in [4.78, 5) is 14.0. The lowest BCUT2D eigenvalue weighted by Crippen LogP contribution is -2.53. The molecule has 0 amide bonds. The Kier molecular flexibility index (Phi) is 2.94. The zero-order chi connectivity index (χ0) is 10.8. The van der Waals surface area contributed by atoms with Crippen molar-refractivity contribution in [2.75, 3.05) is 18.9 Å². The summed E-state index contributed by atoms with van der Waals surface area (Å²) in [6.07, 6.45) is 1.62. The average molecular weight is 230 g/mol. The summed E-state index contributed by atoms with van der Waals surface area (Å²) in [6.45, 7) is 0.363. The number of anilines is 1. The van der Waals surface area contributed by atoms with Crippen LogP contribution in [0.25, 0.3) is 0 Å². The number of aliphatic hydroxyl groups excluding tert-OH is 1. The average Bonchev–Trinajstić information content (AvgIpc) is 2.66. The molecule has 1 aromatic rings. The van der Waals surface area contributed by atoms with Gasteiger partial charge in [-0.1, -0.05) is 11.8 Å². The predicted molar refractivity (Wildman–Crippen MR) is 55.1 cm³/mol. The minimum atomic E-state index is -0.269. The monoisotopic (exact) mass is 230 g/mol. The number of nitrogens with two attached hydrogens (primary N) is 1. The lowest BCUT2D eigenvalue weighted by atomic mass is 10.5. The van der Waals surface area contributed by atoms with Crippen LogP contribution in [0.4, 0.5) is 5.82 Å². The van der Waals surface area contributed by atoms with Crippen molar-refractivity contribution < 1.29 is 14.4 Å². The van der Waals surface area contributed by atoms with Gasteiger partial charge in [-0.3, -0.25) is 0 Å². The van der Waals surface area contributed by atoms with Gasteiger partial charge in [-0.25, -0.2) is 0 Å². The quantitative estimate of drug-likeness (QED) is 0.556. The summed E-state index contributed by atoms with van der Waals surface area (Å²) in [5.74, 6) is 0.332. The Bertz CT molecular complexity index is 408. The van der Waals surface area contributed by atoms with E-state index >= 15 is 0 Å². The number of H-pyrrole nitrogens is 1. The summed E-state index contributed by atoms with van der Waals surface area (Å²) in [6, 6.07) is 1.62. The standard InChI is InChI=1S/C8H11N3O3S/c9-5-1-2-11(8(13)10-5)6-4-14-7(3-12)15-6/h1-2,6-7,12H,3-4H2,(H2,9,10,13)/p+1/t6-,7-/m1/s1. The van der Waals surface area contributed by atoms with Gasteiger partial charge in [0.2, 0.25) is 0 Å². The van der Waals surface area contributed by atoms with Gasteiger partial charge < -0.3 is 15.6 Å². The molecule has 0 aromatic carbocycles. The second kappa shape index (κ2) is 4.21. The molecule has 2 atom stereocenters. The van der Waals surface area contributed by atoms with E-state index in [-0.39, 0.29) is 23.1 Å². The van der Waals surface area contributed by atoms with Gasteiger partial charge in [-0.2, -0.15) is 14.3 Å². The number of rotatable bonds is 2. The molecule has 0 aliphatic carbocycles. The van der Waals surface area contributed by atoms with Gasteiger partial charge in [0.05, 0.1) is 13.2 Å². The smallest absolute Gasteiger partial charge is 0.393 e. The van der Waals surface area contributed by atoms with E-state index in [1.54, 1.807) is 12.3 Å². The Balaban J connectivity index is 2.20. The van der Waals surface area contributed by atoms with Crippen molar-refractivity contribution >= 4 is 17.6 Å². The summed E-state index contributed by atoms with van der Waals surface area (Å²) >= 11 is 1.41. The first-order valence-electron chi connectivity index (χ1n) is 4.48. The van der Waals surface area contributed by atoms with E-state index in [1.165, 1.54) is 16.3 Å². The van der Waals surface area contributed by atoms with E-state index in [1.807, 2.05) is 0 Å². The van der Waals surface area contributed by atoms with Crippen LogP contribution in [0.3, 0.4) is 0 Å². The molecular formula is C8H12N3O3S+. The van der Waals surface area contributed by atoms with Crippen LogP contribution in [0.1, 0.15) is 5.37 Å². The number of ether oxygens (including phenoxy) is 1. The van der Waals surface area contributed by atoms with Crippen LogP contribution in [0.2, 0.25) is 0 Å². The van der Waals surface area contributed by atoms with Crippen molar-refractivity contribution in [3.05, 3.63) is 22.7 Å². The number of nitrogen functional groups attached to an aromatic ring is 1. The summed E-state index contributed by atoms with van der Waals surface area (Å²) in [5, 5.41) is 8.78. The molecular weight excluding hydrogens is 218 g/mol. The molecule has 0 spiro atoms.